The zero-order chi connectivity index (χ0) is 25.2. The third-order valence-corrected chi connectivity index (χ3v) is 5.60. The van der Waals surface area contributed by atoms with Crippen LogP contribution in [0.15, 0.2) is 66.7 Å². The van der Waals surface area contributed by atoms with Crippen LogP contribution in [-0.2, 0) is 11.2 Å². The van der Waals surface area contributed by atoms with Crippen LogP contribution in [0.4, 0.5) is 5.69 Å². The van der Waals surface area contributed by atoms with E-state index in [2.05, 4.69) is 10.6 Å². The third-order valence-electron chi connectivity index (χ3n) is 5.60. The Kier molecular flexibility index (Phi) is 9.12. The van der Waals surface area contributed by atoms with Crippen molar-refractivity contribution in [3.05, 3.63) is 83.4 Å². The molecule has 2 amide bonds. The minimum atomic E-state index is -0.683. The van der Waals surface area contributed by atoms with Gasteiger partial charge in [-0.25, -0.2) is 0 Å². The molecular weight excluding hydrogens is 444 g/mol. The summed E-state index contributed by atoms with van der Waals surface area (Å²) in [6.07, 6.45) is 0.417. The number of methoxy groups -OCH3 is 2. The Morgan fingerprint density at radius 2 is 1.60 bits per heavy atom. The van der Waals surface area contributed by atoms with E-state index in [-0.39, 0.29) is 11.8 Å². The molecule has 0 spiro atoms. The number of nitrogens with one attached hydrogen (secondary N) is 2. The van der Waals surface area contributed by atoms with Gasteiger partial charge in [0, 0.05) is 6.54 Å². The van der Waals surface area contributed by atoms with Crippen molar-refractivity contribution in [2.75, 3.05) is 26.1 Å². The van der Waals surface area contributed by atoms with Gasteiger partial charge in [-0.2, -0.15) is 0 Å². The molecule has 0 heterocycles. The number of amides is 2. The van der Waals surface area contributed by atoms with E-state index < -0.39 is 6.10 Å². The Labute approximate surface area is 206 Å². The molecule has 7 heteroatoms. The maximum atomic E-state index is 13.0. The summed E-state index contributed by atoms with van der Waals surface area (Å²) in [6.45, 7) is 4.24. The molecule has 2 N–H and O–H groups in total. The van der Waals surface area contributed by atoms with Crippen molar-refractivity contribution in [2.45, 2.75) is 32.8 Å². The second-order valence-corrected chi connectivity index (χ2v) is 8.01. The number of rotatable bonds is 11. The number of hydrogen-bond acceptors (Lipinski definition) is 5. The molecule has 0 aliphatic carbocycles. The van der Waals surface area contributed by atoms with E-state index >= 15 is 0 Å². The van der Waals surface area contributed by atoms with Crippen molar-refractivity contribution >= 4 is 17.5 Å². The van der Waals surface area contributed by atoms with E-state index in [9.17, 15) is 9.59 Å². The lowest BCUT2D eigenvalue weighted by Gasteiger charge is -2.19. The number of carbonyl (C=O) groups excluding carboxylic acids is 2. The smallest absolute Gasteiger partial charge is 0.265 e. The molecule has 0 saturated heterocycles. The molecule has 184 valence electrons. The van der Waals surface area contributed by atoms with Crippen molar-refractivity contribution in [1.82, 2.24) is 5.32 Å². The Hall–Kier alpha value is -4.00. The van der Waals surface area contributed by atoms with Crippen molar-refractivity contribution in [2.24, 2.45) is 0 Å². The van der Waals surface area contributed by atoms with E-state index in [1.807, 2.05) is 56.3 Å². The Bertz CT molecular complexity index is 1160. The SMILES string of the molecule is CCC(Oc1ccccc1C)C(=O)Nc1ccccc1C(=O)NCCc1ccc(OC)c(OC)c1. The molecule has 1 atom stereocenters. The van der Waals surface area contributed by atoms with Crippen LogP contribution in [0.5, 0.6) is 17.2 Å². The van der Waals surface area contributed by atoms with Gasteiger partial charge >= 0.3 is 0 Å². The summed E-state index contributed by atoms with van der Waals surface area (Å²) in [6, 6.07) is 20.2. The first-order valence-corrected chi connectivity index (χ1v) is 11.6. The van der Waals surface area contributed by atoms with Crippen molar-refractivity contribution in [3.8, 4) is 17.2 Å². The summed E-state index contributed by atoms with van der Waals surface area (Å²) >= 11 is 0. The predicted octanol–water partition coefficient (Wildman–Crippen LogP) is 4.78. The standard InChI is InChI=1S/C28H32N2O5/c1-5-23(35-24-13-9-6-10-19(24)2)28(32)30-22-12-8-7-11-21(22)27(31)29-17-16-20-14-15-25(33-3)26(18-20)34-4/h6-15,18,23H,5,16-17H2,1-4H3,(H,29,31)(H,30,32). The average molecular weight is 477 g/mol. The van der Waals surface area contributed by atoms with E-state index in [1.54, 1.807) is 38.5 Å². The number of anilines is 1. The second-order valence-electron chi connectivity index (χ2n) is 8.01. The Balaban J connectivity index is 1.63. The summed E-state index contributed by atoms with van der Waals surface area (Å²) in [4.78, 5) is 25.9. The van der Waals surface area contributed by atoms with Gasteiger partial charge in [0.2, 0.25) is 0 Å². The summed E-state index contributed by atoms with van der Waals surface area (Å²) in [5.41, 5.74) is 2.78. The second kappa shape index (κ2) is 12.5. The summed E-state index contributed by atoms with van der Waals surface area (Å²) in [5.74, 6) is 1.38. The highest BCUT2D eigenvalue weighted by atomic mass is 16.5. The van der Waals surface area contributed by atoms with Crippen LogP contribution in [0.1, 0.15) is 34.8 Å². The highest BCUT2D eigenvalue weighted by molar-refractivity contribution is 6.04. The van der Waals surface area contributed by atoms with Gasteiger partial charge in [0.25, 0.3) is 11.8 Å². The number of para-hydroxylation sites is 2. The van der Waals surface area contributed by atoms with E-state index in [0.717, 1.165) is 11.1 Å². The maximum absolute atomic E-state index is 13.0. The van der Waals surface area contributed by atoms with Crippen molar-refractivity contribution < 1.29 is 23.8 Å². The van der Waals surface area contributed by atoms with Gasteiger partial charge in [-0.15, -0.1) is 0 Å². The number of hydrogen-bond donors (Lipinski definition) is 2. The van der Waals surface area contributed by atoms with Gasteiger partial charge in [-0.1, -0.05) is 43.3 Å². The normalized spacial score (nSPS) is 11.3. The topological polar surface area (TPSA) is 85.9 Å². The largest absolute Gasteiger partial charge is 0.493 e. The molecule has 1 unspecified atom stereocenters. The number of ether oxygens (including phenoxy) is 3. The van der Waals surface area contributed by atoms with Crippen LogP contribution in [0.25, 0.3) is 0 Å². The van der Waals surface area contributed by atoms with E-state index in [1.165, 1.54) is 0 Å². The molecule has 0 aliphatic heterocycles. The molecular formula is C28H32N2O5. The highest BCUT2D eigenvalue weighted by Gasteiger charge is 2.21. The zero-order valence-corrected chi connectivity index (χ0v) is 20.6. The highest BCUT2D eigenvalue weighted by Crippen LogP contribution is 2.27. The minimum Gasteiger partial charge on any atom is -0.493 e. The van der Waals surface area contributed by atoms with Gasteiger partial charge < -0.3 is 24.8 Å². The molecule has 3 aromatic carbocycles. The minimum absolute atomic E-state index is 0.269. The molecule has 0 fully saturated rings. The lowest BCUT2D eigenvalue weighted by molar-refractivity contribution is -0.122. The molecule has 0 aromatic heterocycles. The number of carbonyl (C=O) groups is 2. The fraction of sp³-hybridized carbons (Fsp3) is 0.286. The lowest BCUT2D eigenvalue weighted by atomic mass is 10.1. The van der Waals surface area contributed by atoms with Crippen LogP contribution in [0.3, 0.4) is 0 Å². The molecule has 7 nitrogen and oxygen atoms in total. The van der Waals surface area contributed by atoms with E-state index in [4.69, 9.17) is 14.2 Å². The fourth-order valence-electron chi connectivity index (χ4n) is 3.62. The molecule has 35 heavy (non-hydrogen) atoms. The summed E-state index contributed by atoms with van der Waals surface area (Å²) in [5, 5.41) is 5.79. The van der Waals surface area contributed by atoms with Crippen LogP contribution in [-0.4, -0.2) is 38.7 Å². The molecule has 0 aliphatic rings. The maximum Gasteiger partial charge on any atom is 0.265 e. The summed E-state index contributed by atoms with van der Waals surface area (Å²) < 4.78 is 16.5. The van der Waals surface area contributed by atoms with Crippen molar-refractivity contribution in [3.63, 3.8) is 0 Å². The first-order valence-electron chi connectivity index (χ1n) is 11.6. The van der Waals surface area contributed by atoms with Crippen LogP contribution in [0, 0.1) is 6.92 Å². The molecule has 0 bridgehead atoms. The average Bonchev–Trinajstić information content (AvgIpc) is 2.88. The molecule has 0 radical (unpaired) electrons. The van der Waals surface area contributed by atoms with Gasteiger partial charge in [-0.05, 0) is 61.2 Å². The third kappa shape index (κ3) is 6.76. The quantitative estimate of drug-likeness (QED) is 0.416. The predicted molar refractivity (Wildman–Crippen MR) is 137 cm³/mol. The fourth-order valence-corrected chi connectivity index (χ4v) is 3.62. The van der Waals surface area contributed by atoms with Crippen molar-refractivity contribution in [1.29, 1.82) is 0 Å². The Morgan fingerprint density at radius 1 is 0.886 bits per heavy atom. The first-order chi connectivity index (χ1) is 17.0. The van der Waals surface area contributed by atoms with Gasteiger partial charge in [0.05, 0.1) is 25.5 Å². The van der Waals surface area contributed by atoms with Gasteiger partial charge in [-0.3, -0.25) is 9.59 Å². The molecule has 0 saturated carbocycles. The summed E-state index contributed by atoms with van der Waals surface area (Å²) in [7, 11) is 3.18. The zero-order valence-electron chi connectivity index (χ0n) is 20.6. The molecule has 3 aromatic rings. The molecule has 3 rings (SSSR count). The number of benzene rings is 3. The lowest BCUT2D eigenvalue weighted by Crippen LogP contribution is -2.34. The van der Waals surface area contributed by atoms with Crippen LogP contribution in [0.2, 0.25) is 0 Å². The van der Waals surface area contributed by atoms with Crippen LogP contribution < -0.4 is 24.8 Å². The van der Waals surface area contributed by atoms with Crippen LogP contribution >= 0.6 is 0 Å². The number of aryl methyl sites for hydroxylation is 1. The van der Waals surface area contributed by atoms with Gasteiger partial charge in [0.1, 0.15) is 5.75 Å². The van der Waals surface area contributed by atoms with Gasteiger partial charge in [0.15, 0.2) is 17.6 Å². The first kappa shape index (κ1) is 25.6. The Morgan fingerprint density at radius 3 is 2.31 bits per heavy atom. The van der Waals surface area contributed by atoms with E-state index in [0.29, 0.717) is 47.9 Å². The monoisotopic (exact) mass is 476 g/mol.